The van der Waals surface area contributed by atoms with Gasteiger partial charge < -0.3 is 10.0 Å². The van der Waals surface area contributed by atoms with Crippen molar-refractivity contribution in [2.24, 2.45) is 5.92 Å². The SMILES string of the molecule is O=C(O)C1CCN(CCSc2ccccc2F)C1. The number of hydrogen-bond acceptors (Lipinski definition) is 3. The van der Waals surface area contributed by atoms with Crippen molar-refractivity contribution in [1.82, 2.24) is 4.90 Å². The van der Waals surface area contributed by atoms with Gasteiger partial charge in [-0.15, -0.1) is 11.8 Å². The highest BCUT2D eigenvalue weighted by Crippen LogP contribution is 2.22. The number of rotatable bonds is 5. The molecule has 0 aliphatic carbocycles. The molecule has 5 heteroatoms. The zero-order valence-corrected chi connectivity index (χ0v) is 10.8. The largest absolute Gasteiger partial charge is 0.481 e. The van der Waals surface area contributed by atoms with Crippen molar-refractivity contribution in [3.8, 4) is 0 Å². The van der Waals surface area contributed by atoms with E-state index in [2.05, 4.69) is 4.90 Å². The van der Waals surface area contributed by atoms with E-state index >= 15 is 0 Å². The first kappa shape index (κ1) is 13.4. The smallest absolute Gasteiger partial charge is 0.307 e. The number of likely N-dealkylation sites (tertiary alicyclic amines) is 1. The second-order valence-electron chi connectivity index (χ2n) is 4.40. The van der Waals surface area contributed by atoms with Crippen molar-refractivity contribution in [2.45, 2.75) is 11.3 Å². The summed E-state index contributed by atoms with van der Waals surface area (Å²) in [5.74, 6) is -0.345. The van der Waals surface area contributed by atoms with E-state index in [4.69, 9.17) is 5.11 Å². The standard InChI is InChI=1S/C13H16FNO2S/c14-11-3-1-2-4-12(11)18-8-7-15-6-5-10(9-15)13(16)17/h1-4,10H,5-9H2,(H,16,17). The van der Waals surface area contributed by atoms with Crippen LogP contribution < -0.4 is 0 Å². The fourth-order valence-electron chi connectivity index (χ4n) is 2.08. The van der Waals surface area contributed by atoms with Gasteiger partial charge in [0, 0.05) is 23.7 Å². The van der Waals surface area contributed by atoms with Crippen LogP contribution in [0.3, 0.4) is 0 Å². The van der Waals surface area contributed by atoms with Crippen LogP contribution in [0.25, 0.3) is 0 Å². The minimum Gasteiger partial charge on any atom is -0.481 e. The highest BCUT2D eigenvalue weighted by atomic mass is 32.2. The number of carboxylic acid groups (broad SMARTS) is 1. The van der Waals surface area contributed by atoms with Gasteiger partial charge in [0.15, 0.2) is 0 Å². The molecule has 0 amide bonds. The Labute approximate surface area is 110 Å². The highest BCUT2D eigenvalue weighted by molar-refractivity contribution is 7.99. The Bertz CT molecular complexity index is 427. The van der Waals surface area contributed by atoms with Gasteiger partial charge in [0.25, 0.3) is 0 Å². The Morgan fingerprint density at radius 1 is 1.50 bits per heavy atom. The van der Waals surface area contributed by atoms with Gasteiger partial charge in [-0.2, -0.15) is 0 Å². The molecule has 0 bridgehead atoms. The molecule has 1 aromatic carbocycles. The number of carboxylic acids is 1. The van der Waals surface area contributed by atoms with Crippen LogP contribution in [-0.4, -0.2) is 41.4 Å². The molecular weight excluding hydrogens is 253 g/mol. The maximum Gasteiger partial charge on any atom is 0.307 e. The summed E-state index contributed by atoms with van der Waals surface area (Å²) in [7, 11) is 0. The minimum absolute atomic E-state index is 0.188. The molecule has 18 heavy (non-hydrogen) atoms. The molecule has 1 saturated heterocycles. The Balaban J connectivity index is 1.74. The van der Waals surface area contributed by atoms with Crippen LogP contribution >= 0.6 is 11.8 Å². The molecule has 0 spiro atoms. The zero-order valence-electron chi connectivity index (χ0n) is 10.0. The Morgan fingerprint density at radius 3 is 2.94 bits per heavy atom. The predicted molar refractivity (Wildman–Crippen MR) is 69.3 cm³/mol. The summed E-state index contributed by atoms with van der Waals surface area (Å²) in [6.45, 7) is 2.25. The maximum absolute atomic E-state index is 13.3. The number of carbonyl (C=O) groups is 1. The Kier molecular flexibility index (Phi) is 4.60. The van der Waals surface area contributed by atoms with E-state index in [-0.39, 0.29) is 11.7 Å². The van der Waals surface area contributed by atoms with Crippen LogP contribution in [-0.2, 0) is 4.79 Å². The lowest BCUT2D eigenvalue weighted by Crippen LogP contribution is -2.25. The number of nitrogens with zero attached hydrogens (tertiary/aromatic N) is 1. The van der Waals surface area contributed by atoms with Gasteiger partial charge in [-0.05, 0) is 25.1 Å². The second kappa shape index (κ2) is 6.20. The van der Waals surface area contributed by atoms with E-state index in [9.17, 15) is 9.18 Å². The van der Waals surface area contributed by atoms with Gasteiger partial charge >= 0.3 is 5.97 Å². The first-order valence-corrected chi connectivity index (χ1v) is 6.98. The summed E-state index contributed by atoms with van der Waals surface area (Å²) < 4.78 is 13.3. The Hall–Kier alpha value is -1.07. The average Bonchev–Trinajstić information content (AvgIpc) is 2.80. The molecule has 1 atom stereocenters. The number of thioether (sulfide) groups is 1. The lowest BCUT2D eigenvalue weighted by Gasteiger charge is -2.14. The molecule has 1 fully saturated rings. The average molecular weight is 269 g/mol. The molecule has 1 aliphatic heterocycles. The van der Waals surface area contributed by atoms with E-state index in [1.807, 2.05) is 6.07 Å². The van der Waals surface area contributed by atoms with E-state index in [1.165, 1.54) is 17.8 Å². The van der Waals surface area contributed by atoms with Crippen LogP contribution in [0, 0.1) is 11.7 Å². The van der Waals surface area contributed by atoms with Gasteiger partial charge in [0.2, 0.25) is 0 Å². The lowest BCUT2D eigenvalue weighted by molar-refractivity contribution is -0.141. The second-order valence-corrected chi connectivity index (χ2v) is 5.54. The third kappa shape index (κ3) is 3.46. The van der Waals surface area contributed by atoms with Crippen molar-refractivity contribution in [2.75, 3.05) is 25.4 Å². The van der Waals surface area contributed by atoms with Crippen LogP contribution in [0.1, 0.15) is 6.42 Å². The maximum atomic E-state index is 13.3. The number of hydrogen-bond donors (Lipinski definition) is 1. The van der Waals surface area contributed by atoms with E-state index in [1.54, 1.807) is 12.1 Å². The summed E-state index contributed by atoms with van der Waals surface area (Å²) >= 11 is 1.48. The van der Waals surface area contributed by atoms with Gasteiger partial charge in [-0.25, -0.2) is 4.39 Å². The molecule has 1 unspecified atom stereocenters. The molecule has 1 heterocycles. The lowest BCUT2D eigenvalue weighted by atomic mass is 10.1. The normalized spacial score (nSPS) is 20.2. The highest BCUT2D eigenvalue weighted by Gasteiger charge is 2.27. The summed E-state index contributed by atoms with van der Waals surface area (Å²) in [5, 5.41) is 8.89. The monoisotopic (exact) mass is 269 g/mol. The quantitative estimate of drug-likeness (QED) is 0.833. The van der Waals surface area contributed by atoms with Crippen LogP contribution in [0.4, 0.5) is 4.39 Å². The van der Waals surface area contributed by atoms with Crippen molar-refractivity contribution < 1.29 is 14.3 Å². The molecule has 98 valence electrons. The molecule has 1 N–H and O–H groups in total. The van der Waals surface area contributed by atoms with Gasteiger partial charge in [0.1, 0.15) is 5.82 Å². The third-order valence-electron chi connectivity index (χ3n) is 3.12. The van der Waals surface area contributed by atoms with Crippen LogP contribution in [0.15, 0.2) is 29.2 Å². The van der Waals surface area contributed by atoms with Gasteiger partial charge in [-0.1, -0.05) is 12.1 Å². The Morgan fingerprint density at radius 2 is 2.28 bits per heavy atom. The summed E-state index contributed by atoms with van der Waals surface area (Å²) in [6, 6.07) is 6.72. The van der Waals surface area contributed by atoms with Crippen molar-refractivity contribution in [3.63, 3.8) is 0 Å². The van der Waals surface area contributed by atoms with E-state index in [0.29, 0.717) is 11.4 Å². The number of benzene rings is 1. The fraction of sp³-hybridized carbons (Fsp3) is 0.462. The summed E-state index contributed by atoms with van der Waals surface area (Å²) in [5.41, 5.74) is 0. The number of halogens is 1. The van der Waals surface area contributed by atoms with Crippen molar-refractivity contribution >= 4 is 17.7 Å². The van der Waals surface area contributed by atoms with Crippen molar-refractivity contribution in [3.05, 3.63) is 30.1 Å². The van der Waals surface area contributed by atoms with Crippen molar-refractivity contribution in [1.29, 1.82) is 0 Å². The van der Waals surface area contributed by atoms with Gasteiger partial charge in [-0.3, -0.25) is 4.79 Å². The van der Waals surface area contributed by atoms with Crippen LogP contribution in [0.2, 0.25) is 0 Å². The first-order valence-electron chi connectivity index (χ1n) is 5.99. The third-order valence-corrected chi connectivity index (χ3v) is 4.15. The van der Waals surface area contributed by atoms with Gasteiger partial charge in [0.05, 0.1) is 5.92 Å². The minimum atomic E-state index is -0.709. The molecule has 0 radical (unpaired) electrons. The topological polar surface area (TPSA) is 40.5 Å². The summed E-state index contributed by atoms with van der Waals surface area (Å²) in [4.78, 5) is 13.6. The molecule has 0 saturated carbocycles. The number of aliphatic carboxylic acids is 1. The zero-order chi connectivity index (χ0) is 13.0. The molecule has 2 rings (SSSR count). The molecule has 3 nitrogen and oxygen atoms in total. The van der Waals surface area contributed by atoms with E-state index < -0.39 is 5.97 Å². The first-order chi connectivity index (χ1) is 8.66. The molecule has 0 aromatic heterocycles. The molecule has 1 aromatic rings. The molecule has 1 aliphatic rings. The van der Waals surface area contributed by atoms with E-state index in [0.717, 1.165) is 25.3 Å². The summed E-state index contributed by atoms with van der Waals surface area (Å²) in [6.07, 6.45) is 0.722. The predicted octanol–water partition coefficient (Wildman–Crippen LogP) is 2.32. The van der Waals surface area contributed by atoms with Crippen LogP contribution in [0.5, 0.6) is 0 Å². The fourth-order valence-corrected chi connectivity index (χ4v) is 3.03. The molecular formula is C13H16FNO2S.